The zero-order valence-corrected chi connectivity index (χ0v) is 13.5. The van der Waals surface area contributed by atoms with Gasteiger partial charge in [0.15, 0.2) is 0 Å². The standard InChI is InChI=1S/C13H8BrCl2F3N2/c14-8-3-1-2-7(6-8)10-11(15)20-9(21-12(10)16)4-5-13(17,18)19/h1-3,6H,4-5H2. The van der Waals surface area contributed by atoms with E-state index in [1.54, 1.807) is 18.2 Å². The molecule has 1 aromatic heterocycles. The molecule has 0 saturated heterocycles. The van der Waals surface area contributed by atoms with Crippen molar-refractivity contribution in [2.45, 2.75) is 19.0 Å². The molecule has 1 aromatic carbocycles. The SMILES string of the molecule is FC(F)(F)CCc1nc(Cl)c(-c2cccc(Br)c2)c(Cl)n1. The first-order chi connectivity index (χ1) is 9.76. The van der Waals surface area contributed by atoms with Crippen LogP contribution in [0.5, 0.6) is 0 Å². The quantitative estimate of drug-likeness (QED) is 0.618. The van der Waals surface area contributed by atoms with Gasteiger partial charge in [0.05, 0.1) is 12.0 Å². The van der Waals surface area contributed by atoms with Crippen LogP contribution < -0.4 is 0 Å². The second kappa shape index (κ2) is 6.50. The van der Waals surface area contributed by atoms with Crippen LogP contribution in [0.15, 0.2) is 28.7 Å². The molecule has 0 aliphatic carbocycles. The molecule has 2 aromatic rings. The lowest BCUT2D eigenvalue weighted by Gasteiger charge is -2.10. The minimum atomic E-state index is -4.27. The topological polar surface area (TPSA) is 25.8 Å². The fourth-order valence-electron chi connectivity index (χ4n) is 1.70. The maximum Gasteiger partial charge on any atom is 0.389 e. The van der Waals surface area contributed by atoms with E-state index in [9.17, 15) is 13.2 Å². The minimum absolute atomic E-state index is 0.0268. The van der Waals surface area contributed by atoms with Crippen molar-refractivity contribution in [1.29, 1.82) is 0 Å². The molecule has 1 heterocycles. The van der Waals surface area contributed by atoms with Crippen LogP contribution in [0.25, 0.3) is 11.1 Å². The smallest absolute Gasteiger partial charge is 0.220 e. The molecular formula is C13H8BrCl2F3N2. The molecule has 0 aliphatic heterocycles. The summed E-state index contributed by atoms with van der Waals surface area (Å²) in [4.78, 5) is 7.80. The Kier molecular flexibility index (Phi) is 5.11. The summed E-state index contributed by atoms with van der Waals surface area (Å²) < 4.78 is 37.4. The van der Waals surface area contributed by atoms with Gasteiger partial charge in [0, 0.05) is 10.9 Å². The highest BCUT2D eigenvalue weighted by Crippen LogP contribution is 2.34. The van der Waals surface area contributed by atoms with E-state index >= 15 is 0 Å². The minimum Gasteiger partial charge on any atom is -0.220 e. The molecule has 0 atom stereocenters. The molecule has 0 radical (unpaired) electrons. The molecular weight excluding hydrogens is 392 g/mol. The molecule has 0 aliphatic rings. The number of halogens is 6. The Labute approximate surface area is 137 Å². The predicted molar refractivity (Wildman–Crippen MR) is 79.6 cm³/mol. The van der Waals surface area contributed by atoms with Crippen LogP contribution in [0.4, 0.5) is 13.2 Å². The Morgan fingerprint density at radius 1 is 1.10 bits per heavy atom. The lowest BCUT2D eigenvalue weighted by molar-refractivity contribution is -0.134. The van der Waals surface area contributed by atoms with Gasteiger partial charge in [0.25, 0.3) is 0 Å². The van der Waals surface area contributed by atoms with Crippen LogP contribution in [0.1, 0.15) is 12.2 Å². The van der Waals surface area contributed by atoms with Crippen molar-refractivity contribution in [1.82, 2.24) is 9.97 Å². The first-order valence-electron chi connectivity index (χ1n) is 5.81. The highest BCUT2D eigenvalue weighted by Gasteiger charge is 2.27. The summed E-state index contributed by atoms with van der Waals surface area (Å²) in [5, 5.41) is 0.0653. The van der Waals surface area contributed by atoms with Gasteiger partial charge in [0.2, 0.25) is 0 Å². The largest absolute Gasteiger partial charge is 0.389 e. The Bertz CT molecular complexity index is 639. The first-order valence-corrected chi connectivity index (χ1v) is 7.36. The van der Waals surface area contributed by atoms with Gasteiger partial charge in [-0.05, 0) is 17.7 Å². The highest BCUT2D eigenvalue weighted by molar-refractivity contribution is 9.10. The molecule has 112 valence electrons. The summed E-state index contributed by atoms with van der Waals surface area (Å²) in [5.41, 5.74) is 1.08. The summed E-state index contributed by atoms with van der Waals surface area (Å²) in [5.74, 6) is -0.0268. The van der Waals surface area contributed by atoms with Gasteiger partial charge in [-0.15, -0.1) is 0 Å². The van der Waals surface area contributed by atoms with Crippen molar-refractivity contribution in [3.05, 3.63) is 44.9 Å². The van der Waals surface area contributed by atoms with Gasteiger partial charge in [-0.2, -0.15) is 13.2 Å². The number of rotatable bonds is 3. The van der Waals surface area contributed by atoms with Crippen molar-refractivity contribution < 1.29 is 13.2 Å². The number of aryl methyl sites for hydroxylation is 1. The second-order valence-corrected chi connectivity index (χ2v) is 5.85. The van der Waals surface area contributed by atoms with E-state index in [4.69, 9.17) is 23.2 Å². The van der Waals surface area contributed by atoms with E-state index in [0.29, 0.717) is 11.1 Å². The molecule has 0 spiro atoms. The first kappa shape index (κ1) is 16.5. The molecule has 0 bridgehead atoms. The van der Waals surface area contributed by atoms with E-state index < -0.39 is 12.6 Å². The van der Waals surface area contributed by atoms with Crippen LogP contribution in [-0.4, -0.2) is 16.1 Å². The van der Waals surface area contributed by atoms with Crippen molar-refractivity contribution in [3.8, 4) is 11.1 Å². The monoisotopic (exact) mass is 398 g/mol. The molecule has 0 unspecified atom stereocenters. The van der Waals surface area contributed by atoms with Gasteiger partial charge in [-0.3, -0.25) is 0 Å². The molecule has 0 saturated carbocycles. The van der Waals surface area contributed by atoms with Crippen molar-refractivity contribution in [3.63, 3.8) is 0 Å². The van der Waals surface area contributed by atoms with Crippen molar-refractivity contribution in [2.24, 2.45) is 0 Å². The van der Waals surface area contributed by atoms with E-state index in [-0.39, 0.29) is 22.6 Å². The highest BCUT2D eigenvalue weighted by atomic mass is 79.9. The fraction of sp³-hybridized carbons (Fsp3) is 0.231. The van der Waals surface area contributed by atoms with E-state index in [1.807, 2.05) is 6.07 Å². The lowest BCUT2D eigenvalue weighted by atomic mass is 10.1. The molecule has 21 heavy (non-hydrogen) atoms. The Balaban J connectivity index is 2.34. The molecule has 0 N–H and O–H groups in total. The van der Waals surface area contributed by atoms with Gasteiger partial charge >= 0.3 is 6.18 Å². The third-order valence-corrected chi connectivity index (χ3v) is 3.65. The van der Waals surface area contributed by atoms with Crippen LogP contribution in [0, 0.1) is 0 Å². The maximum atomic E-state index is 12.2. The molecule has 8 heteroatoms. The maximum absolute atomic E-state index is 12.2. The van der Waals surface area contributed by atoms with E-state index in [1.165, 1.54) is 0 Å². The zero-order valence-electron chi connectivity index (χ0n) is 10.4. The summed E-state index contributed by atoms with van der Waals surface area (Å²) in [6.45, 7) is 0. The number of benzene rings is 1. The summed E-state index contributed by atoms with van der Waals surface area (Å²) in [7, 11) is 0. The third-order valence-electron chi connectivity index (χ3n) is 2.61. The van der Waals surface area contributed by atoms with E-state index in [0.717, 1.165) is 4.47 Å². The Hall–Kier alpha value is -0.850. The Morgan fingerprint density at radius 3 is 2.24 bits per heavy atom. The predicted octanol–water partition coefficient (Wildman–Crippen LogP) is 5.71. The van der Waals surface area contributed by atoms with E-state index in [2.05, 4.69) is 25.9 Å². The van der Waals surface area contributed by atoms with Crippen LogP contribution in [-0.2, 0) is 6.42 Å². The average molecular weight is 400 g/mol. The normalized spacial score (nSPS) is 11.7. The summed E-state index contributed by atoms with van der Waals surface area (Å²) in [6, 6.07) is 7.13. The number of alkyl halides is 3. The van der Waals surface area contributed by atoms with Crippen LogP contribution >= 0.6 is 39.1 Å². The molecule has 0 amide bonds. The van der Waals surface area contributed by atoms with Gasteiger partial charge in [-0.25, -0.2) is 9.97 Å². The Morgan fingerprint density at radius 2 is 1.71 bits per heavy atom. The summed E-state index contributed by atoms with van der Waals surface area (Å²) in [6.07, 6.45) is -5.65. The molecule has 2 nitrogen and oxygen atoms in total. The van der Waals surface area contributed by atoms with Crippen LogP contribution in [0.3, 0.4) is 0 Å². The molecule has 0 fully saturated rings. The summed E-state index contributed by atoms with van der Waals surface area (Å²) >= 11 is 15.4. The number of hydrogen-bond donors (Lipinski definition) is 0. The fourth-order valence-corrected chi connectivity index (χ4v) is 2.74. The van der Waals surface area contributed by atoms with Crippen LogP contribution in [0.2, 0.25) is 10.3 Å². The zero-order chi connectivity index (χ0) is 15.6. The third kappa shape index (κ3) is 4.56. The van der Waals surface area contributed by atoms with Crippen molar-refractivity contribution >= 4 is 39.1 Å². The average Bonchev–Trinajstić information content (AvgIpc) is 2.35. The number of aromatic nitrogens is 2. The van der Waals surface area contributed by atoms with Gasteiger partial charge in [-0.1, -0.05) is 51.3 Å². The second-order valence-electron chi connectivity index (χ2n) is 4.22. The van der Waals surface area contributed by atoms with Crippen molar-refractivity contribution in [2.75, 3.05) is 0 Å². The number of hydrogen-bond acceptors (Lipinski definition) is 2. The van der Waals surface area contributed by atoms with Gasteiger partial charge in [0.1, 0.15) is 16.1 Å². The lowest BCUT2D eigenvalue weighted by Crippen LogP contribution is -2.10. The molecule has 2 rings (SSSR count). The number of nitrogens with zero attached hydrogens (tertiary/aromatic N) is 2. The van der Waals surface area contributed by atoms with Gasteiger partial charge < -0.3 is 0 Å².